The molecule has 0 atom stereocenters. The van der Waals surface area contributed by atoms with E-state index < -0.39 is 0 Å². The molecule has 1 saturated heterocycles. The molecule has 3 heterocycles. The van der Waals surface area contributed by atoms with E-state index in [1.807, 2.05) is 54.8 Å². The van der Waals surface area contributed by atoms with E-state index in [9.17, 15) is 9.59 Å². The van der Waals surface area contributed by atoms with Crippen LogP contribution in [0.25, 0.3) is 0 Å². The van der Waals surface area contributed by atoms with Gasteiger partial charge in [-0.3, -0.25) is 9.59 Å². The monoisotopic (exact) mass is 553 g/mol. The summed E-state index contributed by atoms with van der Waals surface area (Å²) >= 11 is 1.41. The number of amides is 2. The summed E-state index contributed by atoms with van der Waals surface area (Å²) in [5.74, 6) is 2.64. The third-order valence-electron chi connectivity index (χ3n) is 7.09. The fourth-order valence-electron chi connectivity index (χ4n) is 4.87. The first-order valence-corrected chi connectivity index (χ1v) is 14.4. The molecular weight excluding hydrogens is 514 g/mol. The molecule has 2 amide bonds. The predicted molar refractivity (Wildman–Crippen MR) is 153 cm³/mol. The number of carbonyl (C=O) groups excluding carboxylic acids is 2. The molecule has 0 N–H and O–H groups in total. The highest BCUT2D eigenvalue weighted by Gasteiger charge is 2.25. The minimum Gasteiger partial charge on any atom is -0.493 e. The summed E-state index contributed by atoms with van der Waals surface area (Å²) in [4.78, 5) is 33.7. The maximum Gasteiger partial charge on any atom is 0.264 e. The van der Waals surface area contributed by atoms with Crippen molar-refractivity contribution in [1.82, 2.24) is 14.7 Å². The fraction of sp³-hybridized carbons (Fsp3) is 0.467. The first-order valence-electron chi connectivity index (χ1n) is 13.6. The van der Waals surface area contributed by atoms with Crippen LogP contribution in [0.15, 0.2) is 52.3 Å². The van der Waals surface area contributed by atoms with Gasteiger partial charge in [0, 0.05) is 19.6 Å². The van der Waals surface area contributed by atoms with Gasteiger partial charge in [0.05, 0.1) is 25.6 Å². The van der Waals surface area contributed by atoms with E-state index in [1.165, 1.54) is 30.6 Å². The van der Waals surface area contributed by atoms with Gasteiger partial charge in [0.25, 0.3) is 5.91 Å². The van der Waals surface area contributed by atoms with Gasteiger partial charge in [-0.2, -0.15) is 0 Å². The number of benzene rings is 1. The molecule has 0 bridgehead atoms. The minimum atomic E-state index is -0.104. The van der Waals surface area contributed by atoms with Crippen LogP contribution < -0.4 is 9.47 Å². The van der Waals surface area contributed by atoms with Crippen molar-refractivity contribution in [3.63, 3.8) is 0 Å². The number of likely N-dealkylation sites (tertiary alicyclic amines) is 1. The highest BCUT2D eigenvalue weighted by molar-refractivity contribution is 7.12. The normalized spacial score (nSPS) is 13.7. The van der Waals surface area contributed by atoms with Crippen molar-refractivity contribution in [1.29, 1.82) is 0 Å². The lowest BCUT2D eigenvalue weighted by Crippen LogP contribution is -2.46. The molecule has 1 fully saturated rings. The second-order valence-electron chi connectivity index (χ2n) is 9.87. The number of methoxy groups -OCH3 is 2. The van der Waals surface area contributed by atoms with E-state index in [0.717, 1.165) is 36.7 Å². The van der Waals surface area contributed by atoms with Crippen molar-refractivity contribution in [3.05, 3.63) is 69.8 Å². The third-order valence-corrected chi connectivity index (χ3v) is 7.95. The van der Waals surface area contributed by atoms with Crippen LogP contribution in [-0.4, -0.2) is 80.0 Å². The molecule has 39 heavy (non-hydrogen) atoms. The quantitative estimate of drug-likeness (QED) is 0.301. The van der Waals surface area contributed by atoms with E-state index in [-0.39, 0.29) is 18.4 Å². The Morgan fingerprint density at radius 3 is 2.44 bits per heavy atom. The largest absolute Gasteiger partial charge is 0.493 e. The molecule has 9 heteroatoms. The lowest BCUT2D eigenvalue weighted by atomic mass is 10.1. The third kappa shape index (κ3) is 8.10. The van der Waals surface area contributed by atoms with Crippen molar-refractivity contribution in [3.8, 4) is 11.5 Å². The van der Waals surface area contributed by atoms with E-state index in [1.54, 1.807) is 24.0 Å². The fourth-order valence-corrected chi connectivity index (χ4v) is 5.56. The summed E-state index contributed by atoms with van der Waals surface area (Å²) < 4.78 is 16.6. The van der Waals surface area contributed by atoms with Crippen LogP contribution >= 0.6 is 11.3 Å². The Balaban J connectivity index is 1.49. The number of ether oxygens (including phenoxy) is 2. The van der Waals surface area contributed by atoms with E-state index in [2.05, 4.69) is 4.90 Å². The van der Waals surface area contributed by atoms with Crippen molar-refractivity contribution in [2.75, 3.05) is 53.5 Å². The number of piperidine rings is 1. The Hall–Kier alpha value is -3.30. The lowest BCUT2D eigenvalue weighted by molar-refractivity contribution is -0.132. The molecule has 0 saturated carbocycles. The van der Waals surface area contributed by atoms with Crippen molar-refractivity contribution in [2.45, 2.75) is 39.2 Å². The maximum atomic E-state index is 13.8. The van der Waals surface area contributed by atoms with Crippen LogP contribution in [0.4, 0.5) is 0 Å². The number of aryl methyl sites for hydroxylation is 1. The Kier molecular flexibility index (Phi) is 10.4. The molecule has 8 nitrogen and oxygen atoms in total. The highest BCUT2D eigenvalue weighted by atomic mass is 32.1. The molecule has 2 aromatic heterocycles. The molecule has 3 aromatic rings. The Morgan fingerprint density at radius 2 is 1.77 bits per heavy atom. The smallest absolute Gasteiger partial charge is 0.264 e. The Labute approximate surface area is 235 Å². The predicted octanol–water partition coefficient (Wildman–Crippen LogP) is 4.87. The zero-order chi connectivity index (χ0) is 27.6. The first-order chi connectivity index (χ1) is 19.0. The van der Waals surface area contributed by atoms with Crippen molar-refractivity contribution in [2.24, 2.45) is 0 Å². The van der Waals surface area contributed by atoms with Crippen LogP contribution in [0.5, 0.6) is 11.5 Å². The summed E-state index contributed by atoms with van der Waals surface area (Å²) in [6.45, 7) is 6.11. The number of nitrogens with zero attached hydrogens (tertiary/aromatic N) is 3. The second-order valence-corrected chi connectivity index (χ2v) is 10.8. The molecule has 0 unspecified atom stereocenters. The molecule has 0 aliphatic carbocycles. The van der Waals surface area contributed by atoms with Gasteiger partial charge in [0.15, 0.2) is 11.5 Å². The van der Waals surface area contributed by atoms with Crippen LogP contribution in [0, 0.1) is 6.92 Å². The molecular formula is C30H39N3O5S. The molecule has 1 aromatic carbocycles. The zero-order valence-corrected chi connectivity index (χ0v) is 24.0. The number of hydrogen-bond acceptors (Lipinski definition) is 7. The standard InChI is InChI=1S/C30H39N3O5S/c1-23-9-11-25(38-23)21-32(16-13-24-10-12-26(36-2)27(20-24)37-3)29(34)22-33(30(35)28-8-7-19-39-28)18-17-31-14-5-4-6-15-31/h7-12,19-20H,4-6,13-18,21-22H2,1-3H3. The van der Waals surface area contributed by atoms with Gasteiger partial charge in [-0.05, 0) is 80.6 Å². The number of thiophene rings is 1. The second kappa shape index (κ2) is 14.2. The van der Waals surface area contributed by atoms with Crippen LogP contribution in [-0.2, 0) is 17.8 Å². The Bertz CT molecular complexity index is 1200. The molecule has 210 valence electrons. The summed E-state index contributed by atoms with van der Waals surface area (Å²) in [5, 5.41) is 1.90. The van der Waals surface area contributed by atoms with Crippen molar-refractivity contribution < 1.29 is 23.5 Å². The van der Waals surface area contributed by atoms with Crippen molar-refractivity contribution >= 4 is 23.2 Å². The number of furan rings is 1. The number of carbonyl (C=O) groups is 2. The van der Waals surface area contributed by atoms with Gasteiger partial charge < -0.3 is 28.6 Å². The average molecular weight is 554 g/mol. The molecule has 0 radical (unpaired) electrons. The average Bonchev–Trinajstić information content (AvgIpc) is 3.65. The molecule has 4 rings (SSSR count). The lowest BCUT2D eigenvalue weighted by Gasteiger charge is -2.31. The van der Waals surface area contributed by atoms with Crippen LogP contribution in [0.2, 0.25) is 0 Å². The van der Waals surface area contributed by atoms with E-state index in [4.69, 9.17) is 13.9 Å². The molecule has 0 spiro atoms. The number of hydrogen-bond donors (Lipinski definition) is 0. The zero-order valence-electron chi connectivity index (χ0n) is 23.2. The van der Waals surface area contributed by atoms with Gasteiger partial charge in [-0.15, -0.1) is 11.3 Å². The summed E-state index contributed by atoms with van der Waals surface area (Å²) in [7, 11) is 3.22. The SMILES string of the molecule is COc1ccc(CCN(Cc2ccc(C)o2)C(=O)CN(CCN2CCCCC2)C(=O)c2cccs2)cc1OC. The molecule has 1 aliphatic rings. The summed E-state index contributed by atoms with van der Waals surface area (Å²) in [6.07, 6.45) is 4.25. The first kappa shape index (κ1) is 28.7. The van der Waals surface area contributed by atoms with E-state index in [0.29, 0.717) is 42.4 Å². The van der Waals surface area contributed by atoms with Crippen LogP contribution in [0.1, 0.15) is 46.0 Å². The summed E-state index contributed by atoms with van der Waals surface area (Å²) in [6, 6.07) is 13.3. The van der Waals surface area contributed by atoms with Gasteiger partial charge in [0.2, 0.25) is 5.91 Å². The van der Waals surface area contributed by atoms with Crippen LogP contribution in [0.3, 0.4) is 0 Å². The van der Waals surface area contributed by atoms with Gasteiger partial charge in [-0.25, -0.2) is 0 Å². The molecule has 1 aliphatic heterocycles. The topological polar surface area (TPSA) is 75.5 Å². The van der Waals surface area contributed by atoms with E-state index >= 15 is 0 Å². The summed E-state index contributed by atoms with van der Waals surface area (Å²) in [5.41, 5.74) is 1.03. The highest BCUT2D eigenvalue weighted by Crippen LogP contribution is 2.28. The van der Waals surface area contributed by atoms with Gasteiger partial charge in [0.1, 0.15) is 18.1 Å². The Morgan fingerprint density at radius 1 is 0.974 bits per heavy atom. The maximum absolute atomic E-state index is 13.8. The number of rotatable bonds is 13. The minimum absolute atomic E-state index is 0.0240. The van der Waals surface area contributed by atoms with Gasteiger partial charge in [-0.1, -0.05) is 18.6 Å². The van der Waals surface area contributed by atoms with Gasteiger partial charge >= 0.3 is 0 Å².